The molecule has 0 amide bonds. The van der Waals surface area contributed by atoms with Gasteiger partial charge in [0, 0.05) is 22.3 Å². The quantitative estimate of drug-likeness (QED) is 0.641. The van der Waals surface area contributed by atoms with E-state index in [0.29, 0.717) is 21.5 Å². The van der Waals surface area contributed by atoms with Gasteiger partial charge in [0.25, 0.3) is 0 Å². The second-order valence-corrected chi connectivity index (χ2v) is 5.05. The summed E-state index contributed by atoms with van der Waals surface area (Å²) in [4.78, 5) is 11.9. The van der Waals surface area contributed by atoms with Gasteiger partial charge >= 0.3 is 0 Å². The van der Waals surface area contributed by atoms with Gasteiger partial charge in [-0.25, -0.2) is 4.39 Å². The van der Waals surface area contributed by atoms with Crippen molar-refractivity contribution >= 4 is 27.4 Å². The predicted molar refractivity (Wildman–Crippen MR) is 84.2 cm³/mol. The van der Waals surface area contributed by atoms with Crippen LogP contribution in [0.1, 0.15) is 10.4 Å². The average Bonchev–Trinajstić information content (AvgIpc) is 2.49. The molecule has 21 heavy (non-hydrogen) atoms. The topological polar surface area (TPSA) is 38.3 Å². The number of allylic oxidation sites excluding steroid dienone is 1. The molecule has 0 saturated carbocycles. The van der Waals surface area contributed by atoms with Crippen LogP contribution >= 0.6 is 15.9 Å². The highest BCUT2D eigenvalue weighted by atomic mass is 79.9. The lowest BCUT2D eigenvalue weighted by Crippen LogP contribution is -1.97. The number of hydrogen-bond acceptors (Lipinski definition) is 3. The van der Waals surface area contributed by atoms with Gasteiger partial charge in [-0.15, -0.1) is 0 Å². The zero-order valence-corrected chi connectivity index (χ0v) is 12.9. The first-order valence-electron chi connectivity index (χ1n) is 6.16. The van der Waals surface area contributed by atoms with Crippen LogP contribution in [-0.2, 0) is 0 Å². The number of benzene rings is 2. The van der Waals surface area contributed by atoms with Crippen molar-refractivity contribution in [1.29, 1.82) is 0 Å². The fourth-order valence-electron chi connectivity index (χ4n) is 1.67. The van der Waals surface area contributed by atoms with Crippen molar-refractivity contribution in [2.45, 2.75) is 0 Å². The highest BCUT2D eigenvalue weighted by molar-refractivity contribution is 9.10. The van der Waals surface area contributed by atoms with Crippen molar-refractivity contribution in [2.75, 3.05) is 12.4 Å². The SMILES string of the molecule is COc1ccc(C(=O)/C=C\Nc2ccc(F)cc2Br)cc1. The lowest BCUT2D eigenvalue weighted by atomic mass is 10.1. The van der Waals surface area contributed by atoms with Crippen molar-refractivity contribution in [3.8, 4) is 5.75 Å². The molecule has 0 aliphatic rings. The van der Waals surface area contributed by atoms with Crippen molar-refractivity contribution in [3.05, 3.63) is 70.6 Å². The molecule has 0 saturated heterocycles. The molecule has 5 heteroatoms. The van der Waals surface area contributed by atoms with Gasteiger partial charge in [-0.1, -0.05) is 0 Å². The van der Waals surface area contributed by atoms with E-state index in [-0.39, 0.29) is 11.6 Å². The summed E-state index contributed by atoms with van der Waals surface area (Å²) in [5.41, 5.74) is 1.24. The molecule has 2 aromatic carbocycles. The van der Waals surface area contributed by atoms with Gasteiger partial charge in [0.15, 0.2) is 5.78 Å². The first kappa shape index (κ1) is 15.3. The third-order valence-electron chi connectivity index (χ3n) is 2.78. The van der Waals surface area contributed by atoms with E-state index in [1.807, 2.05) is 0 Å². The number of carbonyl (C=O) groups is 1. The smallest absolute Gasteiger partial charge is 0.187 e. The molecule has 2 rings (SSSR count). The molecule has 0 heterocycles. The third kappa shape index (κ3) is 4.16. The minimum absolute atomic E-state index is 0.136. The summed E-state index contributed by atoms with van der Waals surface area (Å²) in [7, 11) is 1.57. The fraction of sp³-hybridized carbons (Fsp3) is 0.0625. The number of anilines is 1. The van der Waals surface area contributed by atoms with Crippen LogP contribution in [-0.4, -0.2) is 12.9 Å². The summed E-state index contributed by atoms with van der Waals surface area (Å²) in [6.07, 6.45) is 2.93. The number of ketones is 1. The minimum Gasteiger partial charge on any atom is -0.497 e. The first-order chi connectivity index (χ1) is 10.1. The summed E-state index contributed by atoms with van der Waals surface area (Å²) in [5, 5.41) is 2.92. The van der Waals surface area contributed by atoms with Gasteiger partial charge < -0.3 is 10.1 Å². The molecule has 0 radical (unpaired) electrons. The van der Waals surface area contributed by atoms with Crippen molar-refractivity contribution < 1.29 is 13.9 Å². The average molecular weight is 350 g/mol. The van der Waals surface area contributed by atoms with Crippen LogP contribution in [0.5, 0.6) is 5.75 Å². The van der Waals surface area contributed by atoms with Gasteiger partial charge in [0.05, 0.1) is 12.8 Å². The normalized spacial score (nSPS) is 10.6. The molecule has 0 bridgehead atoms. The lowest BCUT2D eigenvalue weighted by molar-refractivity contribution is 0.104. The largest absolute Gasteiger partial charge is 0.497 e. The predicted octanol–water partition coefficient (Wildman–Crippen LogP) is 4.41. The minimum atomic E-state index is -0.328. The standard InChI is InChI=1S/C16H13BrFNO2/c1-21-13-5-2-11(3-6-13)16(20)8-9-19-15-7-4-12(18)10-14(15)17/h2-10,19H,1H3/b9-8-. The Morgan fingerprint density at radius 3 is 2.57 bits per heavy atom. The van der Waals surface area contributed by atoms with E-state index in [0.717, 1.165) is 0 Å². The van der Waals surface area contributed by atoms with E-state index in [4.69, 9.17) is 4.74 Å². The Kier molecular flexibility index (Phi) is 5.11. The summed E-state index contributed by atoms with van der Waals surface area (Å²) in [5.74, 6) is 0.234. The first-order valence-corrected chi connectivity index (χ1v) is 6.96. The van der Waals surface area contributed by atoms with Crippen LogP contribution in [0.15, 0.2) is 59.2 Å². The van der Waals surface area contributed by atoms with E-state index >= 15 is 0 Å². The molecule has 0 aliphatic heterocycles. The Labute approximate surface area is 130 Å². The zero-order valence-electron chi connectivity index (χ0n) is 11.3. The summed E-state index contributed by atoms with van der Waals surface area (Å²) < 4.78 is 18.6. The van der Waals surface area contributed by atoms with E-state index in [9.17, 15) is 9.18 Å². The van der Waals surface area contributed by atoms with Crippen molar-refractivity contribution in [3.63, 3.8) is 0 Å². The number of nitrogens with one attached hydrogen (secondary N) is 1. The van der Waals surface area contributed by atoms with E-state index in [1.54, 1.807) is 37.4 Å². The highest BCUT2D eigenvalue weighted by Gasteiger charge is 2.02. The van der Waals surface area contributed by atoms with Gasteiger partial charge in [0.2, 0.25) is 0 Å². The maximum atomic E-state index is 12.9. The Morgan fingerprint density at radius 1 is 1.24 bits per heavy atom. The maximum Gasteiger partial charge on any atom is 0.187 e. The monoisotopic (exact) mass is 349 g/mol. The highest BCUT2D eigenvalue weighted by Crippen LogP contribution is 2.23. The molecule has 108 valence electrons. The van der Waals surface area contributed by atoms with Gasteiger partial charge in [0.1, 0.15) is 11.6 Å². The second-order valence-electron chi connectivity index (χ2n) is 4.19. The van der Waals surface area contributed by atoms with E-state index in [1.165, 1.54) is 24.4 Å². The van der Waals surface area contributed by atoms with Crippen LogP contribution in [0, 0.1) is 5.82 Å². The zero-order chi connectivity index (χ0) is 15.2. The molecule has 0 aliphatic carbocycles. The molecule has 0 aromatic heterocycles. The molecular formula is C16H13BrFNO2. The van der Waals surface area contributed by atoms with Crippen LogP contribution in [0.2, 0.25) is 0 Å². The Hall–Kier alpha value is -2.14. The number of methoxy groups -OCH3 is 1. The van der Waals surface area contributed by atoms with E-state index < -0.39 is 0 Å². The van der Waals surface area contributed by atoms with Gasteiger partial charge in [-0.05, 0) is 58.4 Å². The molecule has 0 atom stereocenters. The van der Waals surface area contributed by atoms with Crippen LogP contribution in [0.3, 0.4) is 0 Å². The molecule has 0 fully saturated rings. The molecular weight excluding hydrogens is 337 g/mol. The molecule has 0 unspecified atom stereocenters. The Bertz CT molecular complexity index is 668. The van der Waals surface area contributed by atoms with Crippen LogP contribution in [0.25, 0.3) is 0 Å². The summed E-state index contributed by atoms with van der Waals surface area (Å²) in [6, 6.07) is 11.1. The lowest BCUT2D eigenvalue weighted by Gasteiger charge is -2.04. The fourth-order valence-corrected chi connectivity index (χ4v) is 2.13. The maximum absolute atomic E-state index is 12.9. The number of hydrogen-bond donors (Lipinski definition) is 1. The molecule has 0 spiro atoms. The molecule has 1 N–H and O–H groups in total. The third-order valence-corrected chi connectivity index (χ3v) is 3.44. The van der Waals surface area contributed by atoms with Crippen LogP contribution < -0.4 is 10.1 Å². The summed E-state index contributed by atoms with van der Waals surface area (Å²) in [6.45, 7) is 0. The van der Waals surface area contributed by atoms with E-state index in [2.05, 4.69) is 21.2 Å². The van der Waals surface area contributed by atoms with Crippen molar-refractivity contribution in [2.24, 2.45) is 0 Å². The number of ether oxygens (including phenoxy) is 1. The Morgan fingerprint density at radius 2 is 1.95 bits per heavy atom. The molecule has 2 aromatic rings. The van der Waals surface area contributed by atoms with Gasteiger partial charge in [-0.3, -0.25) is 4.79 Å². The second kappa shape index (κ2) is 7.04. The van der Waals surface area contributed by atoms with Crippen LogP contribution in [0.4, 0.5) is 10.1 Å². The number of rotatable bonds is 5. The van der Waals surface area contributed by atoms with Crippen molar-refractivity contribution in [1.82, 2.24) is 0 Å². The summed E-state index contributed by atoms with van der Waals surface area (Å²) >= 11 is 3.24. The number of halogens is 2. The number of carbonyl (C=O) groups excluding carboxylic acids is 1. The Balaban J connectivity index is 2.01. The van der Waals surface area contributed by atoms with Gasteiger partial charge in [-0.2, -0.15) is 0 Å². The molecule has 3 nitrogen and oxygen atoms in total.